The van der Waals surface area contributed by atoms with Crippen LogP contribution in [0.3, 0.4) is 0 Å². The number of carbonyl (C=O) groups is 2. The first-order valence-corrected chi connectivity index (χ1v) is 7.32. The predicted molar refractivity (Wildman–Crippen MR) is 82.5 cm³/mol. The summed E-state index contributed by atoms with van der Waals surface area (Å²) in [5, 5.41) is 4.95. The maximum absolute atomic E-state index is 12.6. The minimum absolute atomic E-state index is 0.192. The summed E-state index contributed by atoms with van der Waals surface area (Å²) in [6.45, 7) is 4.01. The van der Waals surface area contributed by atoms with Crippen LogP contribution in [-0.2, 0) is 0 Å². The Hall–Kier alpha value is -2.20. The molecule has 3 rings (SSSR count). The molecule has 2 aromatic rings. The molecule has 0 radical (unpaired) electrons. The molecule has 2 amide bonds. The van der Waals surface area contributed by atoms with E-state index in [4.69, 9.17) is 0 Å². The van der Waals surface area contributed by atoms with Crippen molar-refractivity contribution in [1.82, 2.24) is 10.2 Å². The summed E-state index contributed by atoms with van der Waals surface area (Å²) in [4.78, 5) is 26.5. The van der Waals surface area contributed by atoms with Gasteiger partial charge < -0.3 is 5.32 Å². The number of rotatable bonds is 5. The standard InChI is InChI=1S/C17H18N2O2/c1-2-9-18-10-11-19-16(20)13-7-3-5-12-6-4-8-14(15(12)13)17(19)21/h3-8,18H,2,9-11H2,1H3. The summed E-state index contributed by atoms with van der Waals surface area (Å²) in [5.41, 5.74) is 1.25. The number of hydrogen-bond donors (Lipinski definition) is 1. The molecular weight excluding hydrogens is 264 g/mol. The third kappa shape index (κ3) is 2.32. The molecule has 2 aromatic carbocycles. The van der Waals surface area contributed by atoms with Gasteiger partial charge in [-0.25, -0.2) is 0 Å². The van der Waals surface area contributed by atoms with Gasteiger partial charge in [-0.15, -0.1) is 0 Å². The molecular formula is C17H18N2O2. The third-order valence-corrected chi connectivity index (χ3v) is 3.79. The molecule has 0 aliphatic carbocycles. The Morgan fingerprint density at radius 1 is 0.952 bits per heavy atom. The van der Waals surface area contributed by atoms with E-state index in [0.29, 0.717) is 24.2 Å². The summed E-state index contributed by atoms with van der Waals surface area (Å²) in [6, 6.07) is 11.2. The van der Waals surface area contributed by atoms with Crippen LogP contribution in [0, 0.1) is 0 Å². The zero-order valence-electron chi connectivity index (χ0n) is 12.1. The summed E-state index contributed by atoms with van der Waals surface area (Å²) in [6.07, 6.45) is 1.03. The second-order valence-corrected chi connectivity index (χ2v) is 5.22. The number of nitrogens with zero attached hydrogens (tertiary/aromatic N) is 1. The van der Waals surface area contributed by atoms with Gasteiger partial charge in [-0.3, -0.25) is 14.5 Å². The van der Waals surface area contributed by atoms with Crippen molar-refractivity contribution in [3.05, 3.63) is 47.5 Å². The first-order valence-electron chi connectivity index (χ1n) is 7.32. The maximum atomic E-state index is 12.6. The van der Waals surface area contributed by atoms with Crippen LogP contribution in [0.2, 0.25) is 0 Å². The highest BCUT2D eigenvalue weighted by atomic mass is 16.2. The zero-order chi connectivity index (χ0) is 14.8. The number of hydrogen-bond acceptors (Lipinski definition) is 3. The molecule has 0 fully saturated rings. The van der Waals surface area contributed by atoms with Crippen LogP contribution in [0.1, 0.15) is 34.1 Å². The average molecular weight is 282 g/mol. The van der Waals surface area contributed by atoms with Gasteiger partial charge in [-0.2, -0.15) is 0 Å². The maximum Gasteiger partial charge on any atom is 0.261 e. The van der Waals surface area contributed by atoms with Crippen molar-refractivity contribution in [3.63, 3.8) is 0 Å². The monoisotopic (exact) mass is 282 g/mol. The lowest BCUT2D eigenvalue weighted by Gasteiger charge is -2.27. The Kier molecular flexibility index (Phi) is 3.71. The minimum Gasteiger partial charge on any atom is -0.315 e. The molecule has 1 heterocycles. The van der Waals surface area contributed by atoms with Gasteiger partial charge in [0.2, 0.25) is 0 Å². The molecule has 0 atom stereocenters. The lowest BCUT2D eigenvalue weighted by atomic mass is 9.94. The van der Waals surface area contributed by atoms with Gasteiger partial charge in [0.25, 0.3) is 11.8 Å². The van der Waals surface area contributed by atoms with Crippen LogP contribution in [0.5, 0.6) is 0 Å². The largest absolute Gasteiger partial charge is 0.315 e. The van der Waals surface area contributed by atoms with E-state index >= 15 is 0 Å². The fourth-order valence-corrected chi connectivity index (χ4v) is 2.78. The van der Waals surface area contributed by atoms with E-state index in [1.165, 1.54) is 4.90 Å². The fourth-order valence-electron chi connectivity index (χ4n) is 2.78. The second kappa shape index (κ2) is 5.66. The van der Waals surface area contributed by atoms with Crippen molar-refractivity contribution < 1.29 is 9.59 Å². The van der Waals surface area contributed by atoms with Gasteiger partial charge in [-0.1, -0.05) is 31.2 Å². The van der Waals surface area contributed by atoms with E-state index in [0.717, 1.165) is 23.7 Å². The Bertz CT molecular complexity index is 658. The molecule has 0 saturated carbocycles. The Labute approximate surface area is 123 Å². The average Bonchev–Trinajstić information content (AvgIpc) is 2.51. The molecule has 1 N–H and O–H groups in total. The molecule has 1 aliphatic heterocycles. The molecule has 0 spiro atoms. The second-order valence-electron chi connectivity index (χ2n) is 5.22. The topological polar surface area (TPSA) is 49.4 Å². The highest BCUT2D eigenvalue weighted by Crippen LogP contribution is 2.29. The molecule has 108 valence electrons. The number of imide groups is 1. The smallest absolute Gasteiger partial charge is 0.261 e. The molecule has 4 heteroatoms. The van der Waals surface area contributed by atoms with Crippen LogP contribution in [0.15, 0.2) is 36.4 Å². The van der Waals surface area contributed by atoms with Gasteiger partial charge in [0, 0.05) is 29.6 Å². The van der Waals surface area contributed by atoms with Gasteiger partial charge >= 0.3 is 0 Å². The van der Waals surface area contributed by atoms with E-state index < -0.39 is 0 Å². The molecule has 1 aliphatic rings. The minimum atomic E-state index is -0.192. The molecule has 21 heavy (non-hydrogen) atoms. The predicted octanol–water partition coefficient (Wildman–Crippen LogP) is 2.44. The highest BCUT2D eigenvalue weighted by Gasteiger charge is 2.31. The van der Waals surface area contributed by atoms with Gasteiger partial charge in [0.05, 0.1) is 0 Å². The summed E-state index contributed by atoms with van der Waals surface area (Å²) < 4.78 is 0. The zero-order valence-corrected chi connectivity index (χ0v) is 12.1. The van der Waals surface area contributed by atoms with Gasteiger partial charge in [-0.05, 0) is 30.5 Å². The SMILES string of the molecule is CCCNCCN1C(=O)c2cccc3cccc(c23)C1=O. The van der Waals surface area contributed by atoms with Crippen molar-refractivity contribution in [1.29, 1.82) is 0 Å². The van der Waals surface area contributed by atoms with Gasteiger partial charge in [0.15, 0.2) is 0 Å². The van der Waals surface area contributed by atoms with Crippen LogP contribution in [0.25, 0.3) is 10.8 Å². The van der Waals surface area contributed by atoms with Crippen molar-refractivity contribution in [3.8, 4) is 0 Å². The quantitative estimate of drug-likeness (QED) is 0.677. The first-order chi connectivity index (χ1) is 10.2. The summed E-state index contributed by atoms with van der Waals surface area (Å²) >= 11 is 0. The van der Waals surface area contributed by atoms with Crippen molar-refractivity contribution in [2.75, 3.05) is 19.6 Å². The van der Waals surface area contributed by atoms with Crippen molar-refractivity contribution >= 4 is 22.6 Å². The number of carbonyl (C=O) groups excluding carboxylic acids is 2. The lowest BCUT2D eigenvalue weighted by Crippen LogP contribution is -2.43. The van der Waals surface area contributed by atoms with Gasteiger partial charge in [0.1, 0.15) is 0 Å². The van der Waals surface area contributed by atoms with Crippen LogP contribution < -0.4 is 5.32 Å². The van der Waals surface area contributed by atoms with Crippen molar-refractivity contribution in [2.45, 2.75) is 13.3 Å². The first kappa shape index (κ1) is 13.8. The normalized spacial score (nSPS) is 14.0. The molecule has 0 aromatic heterocycles. The van der Waals surface area contributed by atoms with E-state index in [-0.39, 0.29) is 11.8 Å². The van der Waals surface area contributed by atoms with E-state index in [9.17, 15) is 9.59 Å². The number of amides is 2. The van der Waals surface area contributed by atoms with E-state index in [1.807, 2.05) is 24.3 Å². The number of benzene rings is 2. The number of nitrogens with one attached hydrogen (secondary N) is 1. The fraction of sp³-hybridized carbons (Fsp3) is 0.294. The van der Waals surface area contributed by atoms with E-state index in [2.05, 4.69) is 12.2 Å². The van der Waals surface area contributed by atoms with Crippen molar-refractivity contribution in [2.24, 2.45) is 0 Å². The van der Waals surface area contributed by atoms with Crippen LogP contribution in [-0.4, -0.2) is 36.3 Å². The lowest BCUT2D eigenvalue weighted by molar-refractivity contribution is 0.0612. The summed E-state index contributed by atoms with van der Waals surface area (Å²) in [7, 11) is 0. The molecule has 0 unspecified atom stereocenters. The third-order valence-electron chi connectivity index (χ3n) is 3.79. The Morgan fingerprint density at radius 3 is 2.14 bits per heavy atom. The van der Waals surface area contributed by atoms with Crippen LogP contribution >= 0.6 is 0 Å². The molecule has 4 nitrogen and oxygen atoms in total. The Morgan fingerprint density at radius 2 is 1.57 bits per heavy atom. The summed E-state index contributed by atoms with van der Waals surface area (Å²) in [5.74, 6) is -0.384. The highest BCUT2D eigenvalue weighted by molar-refractivity contribution is 6.25. The molecule has 0 saturated heterocycles. The Balaban J connectivity index is 1.95. The molecule has 0 bridgehead atoms. The van der Waals surface area contributed by atoms with E-state index in [1.54, 1.807) is 12.1 Å². The van der Waals surface area contributed by atoms with Crippen LogP contribution in [0.4, 0.5) is 0 Å².